The van der Waals surface area contributed by atoms with Crippen molar-refractivity contribution in [2.24, 2.45) is 0 Å². The summed E-state index contributed by atoms with van der Waals surface area (Å²) in [5.41, 5.74) is 0.274. The molecule has 1 N–H and O–H groups in total. The first-order valence-electron chi connectivity index (χ1n) is 5.60. The number of ether oxygens (including phenoxy) is 2. The molecule has 3 nitrogen and oxygen atoms in total. The number of methoxy groups -OCH3 is 1. The SMILES string of the molecule is COc1cc(F)c(Br)cc1C(O)CCOCC(F)(F)F. The topological polar surface area (TPSA) is 38.7 Å². The number of hydrogen-bond donors (Lipinski definition) is 1. The van der Waals surface area contributed by atoms with Gasteiger partial charge in [-0.05, 0) is 22.0 Å². The van der Waals surface area contributed by atoms with E-state index in [1.165, 1.54) is 13.2 Å². The minimum atomic E-state index is -4.40. The van der Waals surface area contributed by atoms with Crippen LogP contribution in [-0.2, 0) is 4.74 Å². The number of hydrogen-bond acceptors (Lipinski definition) is 3. The number of alkyl halides is 3. The lowest BCUT2D eigenvalue weighted by atomic mass is 10.1. The Hall–Kier alpha value is -0.860. The first kappa shape index (κ1) is 17.2. The quantitative estimate of drug-likeness (QED) is 0.622. The zero-order chi connectivity index (χ0) is 15.3. The highest BCUT2D eigenvalue weighted by atomic mass is 79.9. The normalized spacial score (nSPS) is 13.3. The zero-order valence-corrected chi connectivity index (χ0v) is 12.1. The van der Waals surface area contributed by atoms with E-state index in [9.17, 15) is 22.7 Å². The Bertz CT molecular complexity index is 451. The third-order valence-electron chi connectivity index (χ3n) is 2.43. The molecule has 8 heteroatoms. The average molecular weight is 361 g/mol. The van der Waals surface area contributed by atoms with E-state index in [0.29, 0.717) is 0 Å². The third kappa shape index (κ3) is 5.26. The molecule has 0 aromatic heterocycles. The highest BCUT2D eigenvalue weighted by Crippen LogP contribution is 2.32. The van der Waals surface area contributed by atoms with Crippen LogP contribution in [0.5, 0.6) is 5.75 Å². The Morgan fingerprint density at radius 3 is 2.55 bits per heavy atom. The molecule has 0 saturated heterocycles. The summed E-state index contributed by atoms with van der Waals surface area (Å²) in [7, 11) is 1.30. The van der Waals surface area contributed by atoms with Crippen molar-refractivity contribution in [2.45, 2.75) is 18.7 Å². The molecular formula is C12H13BrF4O3. The molecular weight excluding hydrogens is 348 g/mol. The molecule has 0 amide bonds. The molecule has 0 aliphatic rings. The van der Waals surface area contributed by atoms with Gasteiger partial charge in [0, 0.05) is 24.7 Å². The Kier molecular flexibility index (Phi) is 6.22. The molecule has 1 atom stereocenters. The predicted octanol–water partition coefficient (Wildman–Crippen LogP) is 3.60. The van der Waals surface area contributed by atoms with Gasteiger partial charge in [-0.2, -0.15) is 13.2 Å². The lowest BCUT2D eigenvalue weighted by Gasteiger charge is -2.16. The van der Waals surface area contributed by atoms with Crippen LogP contribution in [-0.4, -0.2) is 31.6 Å². The molecule has 0 aliphatic heterocycles. The molecule has 114 valence electrons. The standard InChI is InChI=1S/C12H13BrF4O3/c1-19-11-5-9(14)8(13)4-7(11)10(18)2-3-20-6-12(15,16)17/h4-5,10,18H,2-3,6H2,1H3. The summed E-state index contributed by atoms with van der Waals surface area (Å²) in [6.45, 7) is -1.65. The van der Waals surface area contributed by atoms with E-state index < -0.39 is 24.7 Å². The van der Waals surface area contributed by atoms with Crippen LogP contribution >= 0.6 is 15.9 Å². The van der Waals surface area contributed by atoms with Crippen LogP contribution in [0.25, 0.3) is 0 Å². The molecule has 0 saturated carbocycles. The molecule has 1 rings (SSSR count). The smallest absolute Gasteiger partial charge is 0.411 e. The second-order valence-corrected chi connectivity index (χ2v) is 4.83. The van der Waals surface area contributed by atoms with Gasteiger partial charge in [0.1, 0.15) is 18.2 Å². The molecule has 0 radical (unpaired) electrons. The number of rotatable bonds is 6. The van der Waals surface area contributed by atoms with Gasteiger partial charge in [-0.25, -0.2) is 4.39 Å². The first-order chi connectivity index (χ1) is 9.24. The van der Waals surface area contributed by atoms with E-state index in [1.807, 2.05) is 0 Å². The van der Waals surface area contributed by atoms with Crippen LogP contribution in [0.1, 0.15) is 18.1 Å². The van der Waals surface area contributed by atoms with Crippen LogP contribution in [0.15, 0.2) is 16.6 Å². The van der Waals surface area contributed by atoms with Gasteiger partial charge in [-0.1, -0.05) is 0 Å². The fourth-order valence-corrected chi connectivity index (χ4v) is 1.88. The molecule has 1 aromatic rings. The van der Waals surface area contributed by atoms with Gasteiger partial charge in [0.25, 0.3) is 0 Å². The molecule has 0 fully saturated rings. The fourth-order valence-electron chi connectivity index (χ4n) is 1.52. The van der Waals surface area contributed by atoms with E-state index >= 15 is 0 Å². The van der Waals surface area contributed by atoms with Crippen molar-refractivity contribution in [2.75, 3.05) is 20.3 Å². The molecule has 0 aliphatic carbocycles. The second kappa shape index (κ2) is 7.24. The van der Waals surface area contributed by atoms with Crippen LogP contribution in [0.2, 0.25) is 0 Å². The summed E-state index contributed by atoms with van der Waals surface area (Å²) in [6, 6.07) is 2.40. The highest BCUT2D eigenvalue weighted by molar-refractivity contribution is 9.10. The van der Waals surface area contributed by atoms with Crippen molar-refractivity contribution in [3.63, 3.8) is 0 Å². The lowest BCUT2D eigenvalue weighted by Crippen LogP contribution is -2.18. The van der Waals surface area contributed by atoms with Crippen molar-refractivity contribution >= 4 is 15.9 Å². The van der Waals surface area contributed by atoms with E-state index in [-0.39, 0.29) is 28.8 Å². The molecule has 20 heavy (non-hydrogen) atoms. The second-order valence-electron chi connectivity index (χ2n) is 3.98. The Balaban J connectivity index is 2.63. The fraction of sp³-hybridized carbons (Fsp3) is 0.500. The van der Waals surface area contributed by atoms with Gasteiger partial charge in [0.15, 0.2) is 0 Å². The van der Waals surface area contributed by atoms with Gasteiger partial charge in [0.05, 0.1) is 17.7 Å². The van der Waals surface area contributed by atoms with Crippen molar-refractivity contribution < 1.29 is 32.1 Å². The predicted molar refractivity (Wildman–Crippen MR) is 67.1 cm³/mol. The van der Waals surface area contributed by atoms with E-state index in [2.05, 4.69) is 20.7 Å². The molecule has 0 bridgehead atoms. The van der Waals surface area contributed by atoms with E-state index in [0.717, 1.165) is 6.07 Å². The van der Waals surface area contributed by atoms with E-state index in [1.54, 1.807) is 0 Å². The summed E-state index contributed by atoms with van der Waals surface area (Å²) in [5, 5.41) is 9.89. The Morgan fingerprint density at radius 1 is 1.35 bits per heavy atom. The zero-order valence-electron chi connectivity index (χ0n) is 10.5. The molecule has 1 aromatic carbocycles. The van der Waals surface area contributed by atoms with Gasteiger partial charge in [-0.3, -0.25) is 0 Å². The third-order valence-corrected chi connectivity index (χ3v) is 3.04. The van der Waals surface area contributed by atoms with Gasteiger partial charge in [0.2, 0.25) is 0 Å². The lowest BCUT2D eigenvalue weighted by molar-refractivity contribution is -0.175. The molecule has 0 heterocycles. The summed E-state index contributed by atoms with van der Waals surface area (Å²) >= 11 is 2.96. The van der Waals surface area contributed by atoms with Gasteiger partial charge in [-0.15, -0.1) is 0 Å². The molecule has 1 unspecified atom stereocenters. The number of aliphatic hydroxyl groups excluding tert-OH is 1. The average Bonchev–Trinajstić information content (AvgIpc) is 2.36. The van der Waals surface area contributed by atoms with Crippen LogP contribution in [0, 0.1) is 5.82 Å². The first-order valence-corrected chi connectivity index (χ1v) is 6.39. The van der Waals surface area contributed by atoms with Crippen molar-refractivity contribution in [3.8, 4) is 5.75 Å². The summed E-state index contributed by atoms with van der Waals surface area (Å²) in [4.78, 5) is 0. The maximum Gasteiger partial charge on any atom is 0.411 e. The van der Waals surface area contributed by atoms with Crippen LogP contribution < -0.4 is 4.74 Å². The number of benzene rings is 1. The summed E-state index contributed by atoms with van der Waals surface area (Å²) in [6.07, 6.45) is -5.58. The maximum atomic E-state index is 13.3. The summed E-state index contributed by atoms with van der Waals surface area (Å²) in [5.74, 6) is -0.444. The van der Waals surface area contributed by atoms with Crippen LogP contribution in [0.3, 0.4) is 0 Å². The van der Waals surface area contributed by atoms with E-state index in [4.69, 9.17) is 4.74 Å². The minimum absolute atomic E-state index is 0.0650. The monoisotopic (exact) mass is 360 g/mol. The number of halogens is 5. The Labute approximate surface area is 121 Å². The van der Waals surface area contributed by atoms with Gasteiger partial charge >= 0.3 is 6.18 Å². The van der Waals surface area contributed by atoms with Crippen LogP contribution in [0.4, 0.5) is 17.6 Å². The minimum Gasteiger partial charge on any atom is -0.496 e. The van der Waals surface area contributed by atoms with Crippen molar-refractivity contribution in [3.05, 3.63) is 28.0 Å². The van der Waals surface area contributed by atoms with Gasteiger partial charge < -0.3 is 14.6 Å². The largest absolute Gasteiger partial charge is 0.496 e. The highest BCUT2D eigenvalue weighted by Gasteiger charge is 2.27. The maximum absolute atomic E-state index is 13.3. The number of aliphatic hydroxyl groups is 1. The summed E-state index contributed by atoms with van der Waals surface area (Å²) < 4.78 is 58.3. The van der Waals surface area contributed by atoms with Crippen molar-refractivity contribution in [1.82, 2.24) is 0 Å². The van der Waals surface area contributed by atoms with Crippen molar-refractivity contribution in [1.29, 1.82) is 0 Å². The molecule has 0 spiro atoms. The Morgan fingerprint density at radius 2 is 2.00 bits per heavy atom.